The van der Waals surface area contributed by atoms with Gasteiger partial charge in [-0.05, 0) is 17.8 Å². The molecular formula is C12H24O4. The van der Waals surface area contributed by atoms with Gasteiger partial charge in [0.1, 0.15) is 6.10 Å². The second-order valence-electron chi connectivity index (χ2n) is 5.37. The highest BCUT2D eigenvalue weighted by Crippen LogP contribution is 2.31. The van der Waals surface area contributed by atoms with E-state index >= 15 is 0 Å². The summed E-state index contributed by atoms with van der Waals surface area (Å²) in [6.45, 7) is 10.2. The number of ether oxygens (including phenoxy) is 1. The summed E-state index contributed by atoms with van der Waals surface area (Å²) in [7, 11) is 0. The normalized spacial score (nSPS) is 15.4. The molecule has 1 N–H and O–H groups in total. The Morgan fingerprint density at radius 3 is 2.31 bits per heavy atom. The molecule has 4 heteroatoms. The maximum atomic E-state index is 11.0. The van der Waals surface area contributed by atoms with E-state index < -0.39 is 6.16 Å². The van der Waals surface area contributed by atoms with E-state index in [9.17, 15) is 4.79 Å². The van der Waals surface area contributed by atoms with Gasteiger partial charge in [0.15, 0.2) is 0 Å². The highest BCUT2D eigenvalue weighted by molar-refractivity contribution is 5.59. The third kappa shape index (κ3) is 5.35. The van der Waals surface area contributed by atoms with E-state index in [0.29, 0.717) is 0 Å². The van der Waals surface area contributed by atoms with E-state index in [1.165, 1.54) is 0 Å². The topological polar surface area (TPSA) is 55.8 Å². The van der Waals surface area contributed by atoms with Crippen molar-refractivity contribution in [1.29, 1.82) is 0 Å². The summed E-state index contributed by atoms with van der Waals surface area (Å²) in [6.07, 6.45) is 1.94. The summed E-state index contributed by atoms with van der Waals surface area (Å²) in [4.78, 5) is 14.5. The predicted octanol–water partition coefficient (Wildman–Crippen LogP) is 3.85. The van der Waals surface area contributed by atoms with Crippen molar-refractivity contribution in [2.75, 3.05) is 0 Å². The lowest BCUT2D eigenvalue weighted by atomic mass is 9.80. The lowest BCUT2D eigenvalue weighted by molar-refractivity contribution is -0.212. The summed E-state index contributed by atoms with van der Waals surface area (Å²) < 4.78 is 5.11. The monoisotopic (exact) mass is 232 g/mol. The summed E-state index contributed by atoms with van der Waals surface area (Å²) in [5.74, 6) is 0.249. The standard InChI is InChI=1S/C12H24O4/c1-6-7-8-9(2)10(12(3,4)5)15-11(13)16-14/h9-10,14H,6-8H2,1-5H3. The van der Waals surface area contributed by atoms with E-state index in [2.05, 4.69) is 18.7 Å². The third-order valence-corrected chi connectivity index (χ3v) is 2.68. The predicted molar refractivity (Wildman–Crippen MR) is 62.1 cm³/mol. The lowest BCUT2D eigenvalue weighted by Gasteiger charge is -2.34. The first kappa shape index (κ1) is 15.2. The third-order valence-electron chi connectivity index (χ3n) is 2.68. The molecule has 2 atom stereocenters. The highest BCUT2D eigenvalue weighted by atomic mass is 17.1. The van der Waals surface area contributed by atoms with Crippen molar-refractivity contribution >= 4 is 6.16 Å². The number of carbonyl (C=O) groups is 1. The molecule has 0 aromatic carbocycles. The number of hydrogen-bond acceptors (Lipinski definition) is 4. The molecule has 0 spiro atoms. The fraction of sp³-hybridized carbons (Fsp3) is 0.917. The summed E-state index contributed by atoms with van der Waals surface area (Å²) in [5, 5.41) is 8.23. The molecule has 96 valence electrons. The first-order chi connectivity index (χ1) is 7.32. The van der Waals surface area contributed by atoms with E-state index in [4.69, 9.17) is 9.99 Å². The first-order valence-electron chi connectivity index (χ1n) is 5.85. The first-order valence-corrected chi connectivity index (χ1v) is 5.85. The van der Waals surface area contributed by atoms with E-state index in [1.807, 2.05) is 20.8 Å². The molecule has 0 aromatic rings. The molecule has 0 fully saturated rings. The Hall–Kier alpha value is -0.770. The van der Waals surface area contributed by atoms with Crippen molar-refractivity contribution in [3.8, 4) is 0 Å². The fourth-order valence-corrected chi connectivity index (χ4v) is 1.95. The van der Waals surface area contributed by atoms with Gasteiger partial charge in [-0.1, -0.05) is 47.5 Å². The minimum atomic E-state index is -1.02. The Kier molecular flexibility index (Phi) is 6.41. The minimum Gasteiger partial charge on any atom is -0.428 e. The molecule has 0 aliphatic rings. The molecule has 0 aromatic heterocycles. The molecule has 0 bridgehead atoms. The maximum Gasteiger partial charge on any atom is 0.540 e. The Morgan fingerprint density at radius 1 is 1.38 bits per heavy atom. The van der Waals surface area contributed by atoms with Gasteiger partial charge in [0.2, 0.25) is 0 Å². The van der Waals surface area contributed by atoms with Crippen LogP contribution in [0.25, 0.3) is 0 Å². The van der Waals surface area contributed by atoms with Crippen LogP contribution in [0.15, 0.2) is 0 Å². The van der Waals surface area contributed by atoms with Gasteiger partial charge in [0.25, 0.3) is 0 Å². The van der Waals surface area contributed by atoms with E-state index in [1.54, 1.807) is 0 Å². The molecule has 2 unspecified atom stereocenters. The van der Waals surface area contributed by atoms with Gasteiger partial charge in [-0.15, -0.1) is 0 Å². The number of hydrogen-bond donors (Lipinski definition) is 1. The number of rotatable bonds is 5. The van der Waals surface area contributed by atoms with Gasteiger partial charge in [-0.25, -0.2) is 4.79 Å². The van der Waals surface area contributed by atoms with Crippen molar-refractivity contribution in [3.05, 3.63) is 0 Å². The molecule has 0 aliphatic carbocycles. The van der Waals surface area contributed by atoms with E-state index in [-0.39, 0.29) is 17.4 Å². The zero-order valence-corrected chi connectivity index (χ0v) is 10.9. The van der Waals surface area contributed by atoms with Gasteiger partial charge in [0.05, 0.1) is 0 Å². The molecule has 16 heavy (non-hydrogen) atoms. The van der Waals surface area contributed by atoms with Crippen molar-refractivity contribution in [2.24, 2.45) is 11.3 Å². The van der Waals surface area contributed by atoms with Gasteiger partial charge >= 0.3 is 6.16 Å². The smallest absolute Gasteiger partial charge is 0.428 e. The molecule has 0 rings (SSSR count). The van der Waals surface area contributed by atoms with Crippen LogP contribution in [0.5, 0.6) is 0 Å². The molecule has 0 radical (unpaired) electrons. The van der Waals surface area contributed by atoms with Crippen molar-refractivity contribution in [3.63, 3.8) is 0 Å². The number of unbranched alkanes of at least 4 members (excludes halogenated alkanes) is 1. The molecule has 0 heterocycles. The summed E-state index contributed by atoms with van der Waals surface area (Å²) in [5.41, 5.74) is -0.165. The van der Waals surface area contributed by atoms with Crippen LogP contribution in [0.1, 0.15) is 53.9 Å². The van der Waals surface area contributed by atoms with Crippen molar-refractivity contribution in [1.82, 2.24) is 0 Å². The fourth-order valence-electron chi connectivity index (χ4n) is 1.95. The van der Waals surface area contributed by atoms with Crippen LogP contribution in [0.4, 0.5) is 4.79 Å². The van der Waals surface area contributed by atoms with Gasteiger partial charge in [-0.2, -0.15) is 5.26 Å². The van der Waals surface area contributed by atoms with Crippen LogP contribution >= 0.6 is 0 Å². The Labute approximate surface area is 97.9 Å². The Bertz CT molecular complexity index is 208. The van der Waals surface area contributed by atoms with Crippen LogP contribution in [0.2, 0.25) is 0 Å². The number of carbonyl (C=O) groups excluding carboxylic acids is 1. The molecular weight excluding hydrogens is 208 g/mol. The molecule has 4 nitrogen and oxygen atoms in total. The van der Waals surface area contributed by atoms with Crippen LogP contribution in [-0.2, 0) is 9.62 Å². The van der Waals surface area contributed by atoms with Crippen LogP contribution < -0.4 is 0 Å². The van der Waals surface area contributed by atoms with Crippen LogP contribution in [0, 0.1) is 11.3 Å². The zero-order valence-electron chi connectivity index (χ0n) is 10.9. The average Bonchev–Trinajstić information content (AvgIpc) is 2.20. The second kappa shape index (κ2) is 6.74. The van der Waals surface area contributed by atoms with Gasteiger partial charge < -0.3 is 4.74 Å². The SMILES string of the molecule is CCCCC(C)C(OC(=O)OO)C(C)(C)C. The molecule has 0 saturated carbocycles. The quantitative estimate of drug-likeness (QED) is 0.444. The van der Waals surface area contributed by atoms with Crippen LogP contribution in [0.3, 0.4) is 0 Å². The zero-order chi connectivity index (χ0) is 12.8. The van der Waals surface area contributed by atoms with Crippen molar-refractivity contribution in [2.45, 2.75) is 60.0 Å². The molecule has 0 amide bonds. The summed E-state index contributed by atoms with van der Waals surface area (Å²) in [6, 6.07) is 0. The minimum absolute atomic E-state index is 0.165. The highest BCUT2D eigenvalue weighted by Gasteiger charge is 2.33. The average molecular weight is 232 g/mol. The molecule has 0 aliphatic heterocycles. The molecule has 0 saturated heterocycles. The van der Waals surface area contributed by atoms with Gasteiger partial charge in [-0.3, -0.25) is 4.89 Å². The maximum absolute atomic E-state index is 11.0. The summed E-state index contributed by atoms with van der Waals surface area (Å²) >= 11 is 0. The van der Waals surface area contributed by atoms with E-state index in [0.717, 1.165) is 19.3 Å². The Balaban J connectivity index is 4.48. The van der Waals surface area contributed by atoms with Crippen LogP contribution in [-0.4, -0.2) is 17.5 Å². The van der Waals surface area contributed by atoms with Gasteiger partial charge in [0, 0.05) is 0 Å². The largest absolute Gasteiger partial charge is 0.540 e. The Morgan fingerprint density at radius 2 is 1.94 bits per heavy atom. The second-order valence-corrected chi connectivity index (χ2v) is 5.37. The lowest BCUT2D eigenvalue weighted by Crippen LogP contribution is -2.37. The van der Waals surface area contributed by atoms with Crippen molar-refractivity contribution < 1.29 is 19.7 Å².